The van der Waals surface area contributed by atoms with Crippen LogP contribution in [0.25, 0.3) is 0 Å². The number of rotatable bonds is 11. The lowest BCUT2D eigenvalue weighted by atomic mass is 9.99. The van der Waals surface area contributed by atoms with Gasteiger partial charge in [-0.15, -0.1) is 0 Å². The first-order valence-corrected chi connectivity index (χ1v) is 15.9. The van der Waals surface area contributed by atoms with Crippen LogP contribution in [0.15, 0.2) is 101 Å². The molecule has 5 rings (SSSR count). The first-order chi connectivity index (χ1) is 21.6. The van der Waals surface area contributed by atoms with Crippen molar-refractivity contribution in [1.82, 2.24) is 0 Å². The third-order valence-electron chi connectivity index (χ3n) is 7.33. The molecule has 232 valence electrons. The van der Waals surface area contributed by atoms with Crippen molar-refractivity contribution in [3.05, 3.63) is 113 Å². The van der Waals surface area contributed by atoms with E-state index >= 15 is 0 Å². The Bertz CT molecular complexity index is 1740. The predicted molar refractivity (Wildman–Crippen MR) is 178 cm³/mol. The predicted octanol–water partition coefficient (Wildman–Crippen LogP) is 7.39. The fourth-order valence-corrected chi connectivity index (χ4v) is 5.45. The number of ether oxygens (including phenoxy) is 1. The number of benzene rings is 4. The summed E-state index contributed by atoms with van der Waals surface area (Å²) in [6, 6.07) is 26.6. The van der Waals surface area contributed by atoms with Crippen molar-refractivity contribution in [2.45, 2.75) is 51.0 Å². The monoisotopic (exact) mass is 644 g/mol. The molecule has 11 heteroatoms. The van der Waals surface area contributed by atoms with Crippen molar-refractivity contribution in [3.63, 3.8) is 0 Å². The maximum Gasteiger partial charge on any atom is 0.294 e. The Kier molecular flexibility index (Phi) is 9.97. The minimum atomic E-state index is -1.82. The molecule has 2 amide bonds. The van der Waals surface area contributed by atoms with Crippen LogP contribution in [0.3, 0.4) is 0 Å². The number of carbonyl (C=O) groups excluding carboxylic acids is 2. The Morgan fingerprint density at radius 1 is 1.02 bits per heavy atom. The number of nitrogens with zero attached hydrogens (tertiary/aromatic N) is 2. The summed E-state index contributed by atoms with van der Waals surface area (Å²) in [5.41, 5.74) is 7.27. The van der Waals surface area contributed by atoms with Gasteiger partial charge in [0.15, 0.2) is 0 Å². The molecular formula is C34H33ClN4O5S. The number of amides is 2. The molecule has 1 heterocycles. The van der Waals surface area contributed by atoms with Gasteiger partial charge in [0.2, 0.25) is 23.1 Å². The van der Waals surface area contributed by atoms with E-state index in [1.807, 2.05) is 43.3 Å². The summed E-state index contributed by atoms with van der Waals surface area (Å²) in [5, 5.41) is 8.93. The van der Waals surface area contributed by atoms with Crippen LogP contribution in [0.1, 0.15) is 49.8 Å². The largest absolute Gasteiger partial charge is 0.474 e. The van der Waals surface area contributed by atoms with Gasteiger partial charge in [-0.1, -0.05) is 67.4 Å². The van der Waals surface area contributed by atoms with Crippen molar-refractivity contribution >= 4 is 57.3 Å². The molecule has 0 saturated carbocycles. The minimum absolute atomic E-state index is 0.326. The van der Waals surface area contributed by atoms with Crippen LogP contribution in [-0.4, -0.2) is 27.8 Å². The number of anilines is 3. The Morgan fingerprint density at radius 3 is 2.36 bits per heavy atom. The van der Waals surface area contributed by atoms with Gasteiger partial charge in [-0.2, -0.15) is 14.4 Å². The van der Waals surface area contributed by atoms with E-state index in [1.54, 1.807) is 54.6 Å². The summed E-state index contributed by atoms with van der Waals surface area (Å²) in [6.07, 6.45) is -0.0545. The van der Waals surface area contributed by atoms with Crippen LogP contribution < -0.4 is 20.5 Å². The van der Waals surface area contributed by atoms with Crippen LogP contribution in [0.2, 0.25) is 5.02 Å². The third kappa shape index (κ3) is 7.59. The molecule has 1 aliphatic heterocycles. The fraction of sp³-hybridized carbons (Fsp3) is 0.206. The molecule has 0 aromatic heterocycles. The van der Waals surface area contributed by atoms with Crippen LogP contribution in [0.4, 0.5) is 17.1 Å². The van der Waals surface area contributed by atoms with Crippen molar-refractivity contribution in [2.24, 2.45) is 5.10 Å². The van der Waals surface area contributed by atoms with Gasteiger partial charge in [0, 0.05) is 17.5 Å². The first kappa shape index (κ1) is 31.9. The molecule has 3 unspecified atom stereocenters. The minimum Gasteiger partial charge on any atom is -0.474 e. The normalized spacial score (nSPS) is 15.8. The molecular weight excluding hydrogens is 612 g/mol. The quantitative estimate of drug-likeness (QED) is 0.165. The van der Waals surface area contributed by atoms with Gasteiger partial charge in [0.25, 0.3) is 5.91 Å². The fourth-order valence-electron chi connectivity index (χ4n) is 4.65. The summed E-state index contributed by atoms with van der Waals surface area (Å²) < 4.78 is 24.5. The second-order valence-corrected chi connectivity index (χ2v) is 12.2. The SMILES string of the molecule is CCC(C)c1ccc(NOS(=O)c2ccc(C3=NN(c4ccc(Cl)cc4NC(C)=O)C(=O)C3Oc3ccc(C)cc3)cc2)cc1. The maximum absolute atomic E-state index is 13.8. The number of hydrazone groups is 1. The molecule has 0 saturated heterocycles. The molecule has 45 heavy (non-hydrogen) atoms. The van der Waals surface area contributed by atoms with Crippen LogP contribution in [0, 0.1) is 6.92 Å². The highest BCUT2D eigenvalue weighted by atomic mass is 35.5. The summed E-state index contributed by atoms with van der Waals surface area (Å²) in [4.78, 5) is 26.1. The van der Waals surface area contributed by atoms with Crippen molar-refractivity contribution in [3.8, 4) is 5.75 Å². The van der Waals surface area contributed by atoms with E-state index in [9.17, 15) is 13.8 Å². The Labute approximate surface area is 269 Å². The second-order valence-electron chi connectivity index (χ2n) is 10.7. The zero-order valence-corrected chi connectivity index (χ0v) is 26.8. The molecule has 4 aromatic rings. The van der Waals surface area contributed by atoms with Crippen LogP contribution in [-0.2, 0) is 25.0 Å². The van der Waals surface area contributed by atoms with Crippen molar-refractivity contribution < 1.29 is 22.8 Å². The number of nitrogens with one attached hydrogen (secondary N) is 2. The average molecular weight is 645 g/mol. The smallest absolute Gasteiger partial charge is 0.294 e. The summed E-state index contributed by atoms with van der Waals surface area (Å²) in [7, 11) is 0. The van der Waals surface area contributed by atoms with E-state index in [-0.39, 0.29) is 5.91 Å². The molecule has 4 aromatic carbocycles. The topological polar surface area (TPSA) is 109 Å². The molecule has 0 aliphatic carbocycles. The Morgan fingerprint density at radius 2 is 1.71 bits per heavy atom. The van der Waals surface area contributed by atoms with Crippen LogP contribution in [0.5, 0.6) is 5.75 Å². The molecule has 0 spiro atoms. The van der Waals surface area contributed by atoms with E-state index < -0.39 is 23.1 Å². The number of aryl methyl sites for hydroxylation is 1. The number of hydrogen-bond donors (Lipinski definition) is 2. The molecule has 9 nitrogen and oxygen atoms in total. The number of carbonyl (C=O) groups is 2. The lowest BCUT2D eigenvalue weighted by Crippen LogP contribution is -2.37. The lowest BCUT2D eigenvalue weighted by Gasteiger charge is -2.19. The van der Waals surface area contributed by atoms with E-state index in [1.165, 1.54) is 17.5 Å². The maximum atomic E-state index is 13.8. The highest BCUT2D eigenvalue weighted by Gasteiger charge is 2.40. The highest BCUT2D eigenvalue weighted by molar-refractivity contribution is 7.80. The van der Waals surface area contributed by atoms with Crippen LogP contribution >= 0.6 is 11.6 Å². The van der Waals surface area contributed by atoms with E-state index in [4.69, 9.17) is 20.6 Å². The summed E-state index contributed by atoms with van der Waals surface area (Å²) >= 11 is 4.36. The molecule has 3 atom stereocenters. The van der Waals surface area contributed by atoms with Crippen molar-refractivity contribution in [1.29, 1.82) is 0 Å². The molecule has 0 radical (unpaired) electrons. The van der Waals surface area contributed by atoms with Gasteiger partial charge in [0.1, 0.15) is 11.5 Å². The van der Waals surface area contributed by atoms with Gasteiger partial charge in [0.05, 0.1) is 22.0 Å². The zero-order valence-electron chi connectivity index (χ0n) is 25.2. The molecule has 1 aliphatic rings. The standard InChI is InChI=1S/C34H33ClN4O5S/c1-5-22(3)24-8-13-27(14-9-24)38-44-45(42)29-17-10-25(11-18-29)32-33(43-28-15-6-21(2)7-16-28)34(41)39(37-32)31-19-12-26(35)20-30(31)36-23(4)40/h6-20,22,33,38H,5H2,1-4H3,(H,36,40). The van der Waals surface area contributed by atoms with Gasteiger partial charge < -0.3 is 10.1 Å². The van der Waals surface area contributed by atoms with E-state index in [0.29, 0.717) is 49.9 Å². The molecule has 2 N–H and O–H groups in total. The van der Waals surface area contributed by atoms with E-state index in [2.05, 4.69) is 29.7 Å². The Balaban J connectivity index is 1.39. The van der Waals surface area contributed by atoms with Gasteiger partial charge in [-0.05, 0) is 79.4 Å². The second kappa shape index (κ2) is 14.1. The van der Waals surface area contributed by atoms with Gasteiger partial charge in [-0.25, -0.2) is 4.21 Å². The Hall–Kier alpha value is -4.51. The zero-order chi connectivity index (χ0) is 32.1. The summed E-state index contributed by atoms with van der Waals surface area (Å²) in [5.74, 6) is 0.150. The van der Waals surface area contributed by atoms with Gasteiger partial charge in [-0.3, -0.25) is 15.1 Å². The highest BCUT2D eigenvalue weighted by Crippen LogP contribution is 2.34. The van der Waals surface area contributed by atoms with Gasteiger partial charge >= 0.3 is 0 Å². The molecule has 0 bridgehead atoms. The third-order valence-corrected chi connectivity index (χ3v) is 8.46. The van der Waals surface area contributed by atoms with Crippen molar-refractivity contribution in [2.75, 3.05) is 15.8 Å². The average Bonchev–Trinajstić information content (AvgIpc) is 3.35. The summed E-state index contributed by atoms with van der Waals surface area (Å²) in [6.45, 7) is 7.63. The number of hydrogen-bond acceptors (Lipinski definition) is 7. The lowest BCUT2D eigenvalue weighted by molar-refractivity contribution is -0.121. The van der Waals surface area contributed by atoms with E-state index in [0.717, 1.165) is 12.0 Å². The molecule has 0 fully saturated rings. The first-order valence-electron chi connectivity index (χ1n) is 14.4. The number of halogens is 1.